The summed E-state index contributed by atoms with van der Waals surface area (Å²) in [5.74, 6) is 0. The van der Waals surface area contributed by atoms with Crippen LogP contribution in [0.25, 0.3) is 11.0 Å². The lowest BCUT2D eigenvalue weighted by molar-refractivity contribution is -0.141. The van der Waals surface area contributed by atoms with Gasteiger partial charge in [-0.1, -0.05) is 18.2 Å². The number of aromatic nitrogens is 3. The highest BCUT2D eigenvalue weighted by molar-refractivity contribution is 5.74. The number of rotatable bonds is 3. The number of hydrogen-bond acceptors (Lipinski definition) is 4. The van der Waals surface area contributed by atoms with Gasteiger partial charge in [-0.05, 0) is 23.8 Å². The molecule has 12 heteroatoms. The van der Waals surface area contributed by atoms with Gasteiger partial charge in [0, 0.05) is 7.05 Å². The first-order valence-corrected chi connectivity index (χ1v) is 8.34. The van der Waals surface area contributed by atoms with E-state index < -0.39 is 58.7 Å². The predicted molar refractivity (Wildman–Crippen MR) is 92.6 cm³/mol. The van der Waals surface area contributed by atoms with E-state index in [1.54, 1.807) is 0 Å². The molecule has 0 saturated heterocycles. The third kappa shape index (κ3) is 3.82. The van der Waals surface area contributed by atoms with Gasteiger partial charge < -0.3 is 5.11 Å². The fraction of sp³-hybridized carbons (Fsp3) is 0.278. The van der Waals surface area contributed by atoms with E-state index in [0.717, 1.165) is 31.3 Å². The van der Waals surface area contributed by atoms with Crippen LogP contribution in [0.1, 0.15) is 22.9 Å². The third-order valence-electron chi connectivity index (χ3n) is 4.46. The van der Waals surface area contributed by atoms with Crippen LogP contribution in [-0.4, -0.2) is 19.2 Å². The van der Waals surface area contributed by atoms with Crippen molar-refractivity contribution in [2.45, 2.75) is 25.0 Å². The topological polar surface area (TPSA) is 77.1 Å². The molecule has 0 radical (unpaired) electrons. The maximum atomic E-state index is 13.2. The summed E-state index contributed by atoms with van der Waals surface area (Å²) in [6.45, 7) is -0.838. The van der Waals surface area contributed by atoms with Crippen molar-refractivity contribution >= 4 is 11.0 Å². The van der Waals surface area contributed by atoms with Crippen molar-refractivity contribution in [1.29, 1.82) is 0 Å². The minimum atomic E-state index is -4.81. The molecule has 3 rings (SSSR count). The summed E-state index contributed by atoms with van der Waals surface area (Å²) < 4.78 is 79.2. The fourth-order valence-electron chi connectivity index (χ4n) is 3.01. The quantitative estimate of drug-likeness (QED) is 0.645. The number of aliphatic hydroxyl groups is 1. The molecule has 1 unspecified atom stereocenters. The monoisotopic (exact) mass is 433 g/mol. The van der Waals surface area contributed by atoms with Crippen LogP contribution < -0.4 is 11.2 Å². The van der Waals surface area contributed by atoms with Crippen LogP contribution in [-0.2, 0) is 25.9 Å². The van der Waals surface area contributed by atoms with Crippen molar-refractivity contribution in [1.82, 2.24) is 14.1 Å². The minimum Gasteiger partial charge on any atom is -0.387 e. The molecule has 2 aromatic heterocycles. The molecule has 1 atom stereocenters. The maximum Gasteiger partial charge on any atom is 0.433 e. The smallest absolute Gasteiger partial charge is 0.387 e. The Hall–Kier alpha value is -3.15. The number of pyridine rings is 1. The number of hydrogen-bond donors (Lipinski definition) is 1. The molecular weight excluding hydrogens is 420 g/mol. The maximum absolute atomic E-state index is 13.2. The lowest BCUT2D eigenvalue weighted by Gasteiger charge is -2.19. The summed E-state index contributed by atoms with van der Waals surface area (Å²) in [6, 6.07) is 5.47. The Morgan fingerprint density at radius 1 is 1.00 bits per heavy atom. The number of aryl methyl sites for hydroxylation is 1. The van der Waals surface area contributed by atoms with Crippen LogP contribution in [0.3, 0.4) is 0 Å². The van der Waals surface area contributed by atoms with Gasteiger partial charge in [-0.3, -0.25) is 13.9 Å². The zero-order valence-electron chi connectivity index (χ0n) is 15.1. The Bertz CT molecular complexity index is 1230. The van der Waals surface area contributed by atoms with Crippen molar-refractivity contribution in [2.75, 3.05) is 0 Å². The van der Waals surface area contributed by atoms with Gasteiger partial charge in [0.2, 0.25) is 0 Å². The summed E-state index contributed by atoms with van der Waals surface area (Å²) >= 11 is 0. The number of benzene rings is 1. The van der Waals surface area contributed by atoms with Gasteiger partial charge in [0.25, 0.3) is 5.56 Å². The first-order chi connectivity index (χ1) is 13.8. The molecule has 0 bridgehead atoms. The molecule has 0 saturated carbocycles. The van der Waals surface area contributed by atoms with Crippen LogP contribution in [0.2, 0.25) is 0 Å². The third-order valence-corrected chi connectivity index (χ3v) is 4.46. The number of alkyl halides is 6. The largest absolute Gasteiger partial charge is 0.433 e. The van der Waals surface area contributed by atoms with Gasteiger partial charge in [-0.15, -0.1) is 0 Å². The van der Waals surface area contributed by atoms with Crippen LogP contribution in [0, 0.1) is 0 Å². The second-order valence-corrected chi connectivity index (χ2v) is 6.42. The highest BCUT2D eigenvalue weighted by atomic mass is 19.4. The van der Waals surface area contributed by atoms with Crippen molar-refractivity contribution in [2.24, 2.45) is 7.05 Å². The SMILES string of the molecule is Cn1c(=O)n(CC(O)c2ccccc2C(F)(F)F)c(=O)c2ccc(C(F)(F)F)nc21. The summed E-state index contributed by atoms with van der Waals surface area (Å²) in [5, 5.41) is 9.95. The molecule has 30 heavy (non-hydrogen) atoms. The molecule has 160 valence electrons. The van der Waals surface area contributed by atoms with Crippen molar-refractivity contribution in [3.63, 3.8) is 0 Å². The zero-order chi connectivity index (χ0) is 22.4. The van der Waals surface area contributed by atoms with Gasteiger partial charge in [-0.25, -0.2) is 9.78 Å². The highest BCUT2D eigenvalue weighted by Gasteiger charge is 2.35. The Kier molecular flexibility index (Phi) is 5.23. The van der Waals surface area contributed by atoms with E-state index in [1.165, 1.54) is 6.07 Å². The van der Waals surface area contributed by atoms with E-state index >= 15 is 0 Å². The molecule has 2 heterocycles. The highest BCUT2D eigenvalue weighted by Crippen LogP contribution is 2.34. The van der Waals surface area contributed by atoms with Gasteiger partial charge >= 0.3 is 18.0 Å². The fourth-order valence-corrected chi connectivity index (χ4v) is 3.01. The number of aliphatic hydroxyl groups excluding tert-OH is 1. The summed E-state index contributed by atoms with van der Waals surface area (Å²) in [6.07, 6.45) is -11.5. The second kappa shape index (κ2) is 7.27. The van der Waals surface area contributed by atoms with Gasteiger partial charge in [0.05, 0.1) is 23.6 Å². The summed E-state index contributed by atoms with van der Waals surface area (Å²) in [4.78, 5) is 28.4. The standard InChI is InChI=1S/C18H13F6N3O3/c1-26-14-10(6-7-13(25-14)18(22,23)24)15(29)27(16(26)30)8-12(28)9-4-2-3-5-11(9)17(19,20)21/h2-7,12,28H,8H2,1H3. The normalized spacial score (nSPS) is 13.6. The van der Waals surface area contributed by atoms with Gasteiger partial charge in [0.15, 0.2) is 0 Å². The molecule has 1 aromatic carbocycles. The molecule has 0 aliphatic rings. The lowest BCUT2D eigenvalue weighted by atomic mass is 10.0. The van der Waals surface area contributed by atoms with Crippen LogP contribution in [0.15, 0.2) is 46.0 Å². The average Bonchev–Trinajstić information content (AvgIpc) is 2.67. The van der Waals surface area contributed by atoms with E-state index in [9.17, 15) is 41.0 Å². The summed E-state index contributed by atoms with van der Waals surface area (Å²) in [5.41, 5.74) is -5.77. The Morgan fingerprint density at radius 2 is 1.63 bits per heavy atom. The molecule has 0 aliphatic carbocycles. The molecule has 0 fully saturated rings. The first-order valence-electron chi connectivity index (χ1n) is 8.34. The zero-order valence-corrected chi connectivity index (χ0v) is 15.1. The van der Waals surface area contributed by atoms with E-state index in [1.807, 2.05) is 0 Å². The molecular formula is C18H13F6N3O3. The van der Waals surface area contributed by atoms with Crippen LogP contribution in [0.4, 0.5) is 26.3 Å². The Labute approximate surface area is 163 Å². The number of halogens is 6. The van der Waals surface area contributed by atoms with Crippen molar-refractivity contribution < 1.29 is 31.4 Å². The summed E-state index contributed by atoms with van der Waals surface area (Å²) in [7, 11) is 1.06. The van der Waals surface area contributed by atoms with Crippen molar-refractivity contribution in [3.05, 3.63) is 74.1 Å². The van der Waals surface area contributed by atoms with Crippen molar-refractivity contribution in [3.8, 4) is 0 Å². The van der Waals surface area contributed by atoms with Gasteiger partial charge in [-0.2, -0.15) is 26.3 Å². The van der Waals surface area contributed by atoms with E-state index in [4.69, 9.17) is 0 Å². The second-order valence-electron chi connectivity index (χ2n) is 6.42. The Balaban J connectivity index is 2.13. The van der Waals surface area contributed by atoms with E-state index in [2.05, 4.69) is 4.98 Å². The molecule has 0 amide bonds. The molecule has 1 N–H and O–H groups in total. The first kappa shape index (κ1) is 21.6. The molecule has 0 aliphatic heterocycles. The number of nitrogens with zero attached hydrogens (tertiary/aromatic N) is 3. The van der Waals surface area contributed by atoms with Crippen LogP contribution >= 0.6 is 0 Å². The molecule has 0 spiro atoms. The van der Waals surface area contributed by atoms with Gasteiger partial charge in [0.1, 0.15) is 11.3 Å². The number of fused-ring (bicyclic) bond motifs is 1. The lowest BCUT2D eigenvalue weighted by Crippen LogP contribution is -2.41. The molecule has 6 nitrogen and oxygen atoms in total. The van der Waals surface area contributed by atoms with Crippen LogP contribution in [0.5, 0.6) is 0 Å². The average molecular weight is 433 g/mol. The minimum absolute atomic E-state index is 0.360. The van der Waals surface area contributed by atoms with E-state index in [0.29, 0.717) is 15.2 Å². The Morgan fingerprint density at radius 3 is 2.23 bits per heavy atom. The predicted octanol–water partition coefficient (Wildman–Crippen LogP) is 2.87. The van der Waals surface area contributed by atoms with E-state index in [-0.39, 0.29) is 5.39 Å². The molecule has 3 aromatic rings.